The second-order valence-corrected chi connectivity index (χ2v) is 3.80. The topological polar surface area (TPSA) is 38.9 Å². The second kappa shape index (κ2) is 3.20. The quantitative estimate of drug-likeness (QED) is 0.822. The lowest BCUT2D eigenvalue weighted by Crippen LogP contribution is -2.31. The van der Waals surface area contributed by atoms with E-state index in [0.717, 1.165) is 0 Å². The van der Waals surface area contributed by atoms with Crippen LogP contribution >= 0.6 is 0 Å². The van der Waals surface area contributed by atoms with Gasteiger partial charge in [0.05, 0.1) is 5.69 Å². The van der Waals surface area contributed by atoms with Crippen LogP contribution < -0.4 is 5.73 Å². The Morgan fingerprint density at radius 2 is 2.07 bits per heavy atom. The van der Waals surface area contributed by atoms with Crippen molar-refractivity contribution in [1.29, 1.82) is 0 Å². The molecule has 1 aliphatic rings. The first kappa shape index (κ1) is 10.4. The van der Waals surface area contributed by atoms with Gasteiger partial charge in [-0.15, -0.1) is 0 Å². The average molecular weight is 216 g/mol. The highest BCUT2D eigenvalue weighted by Crippen LogP contribution is 2.58. The van der Waals surface area contributed by atoms with Gasteiger partial charge >= 0.3 is 6.18 Å². The fourth-order valence-electron chi connectivity index (χ4n) is 1.81. The molecule has 2 N–H and O–H groups in total. The van der Waals surface area contributed by atoms with Crippen molar-refractivity contribution >= 4 is 0 Å². The number of aromatic nitrogens is 1. The molecule has 2 nitrogen and oxygen atoms in total. The van der Waals surface area contributed by atoms with E-state index in [-0.39, 0.29) is 25.1 Å². The van der Waals surface area contributed by atoms with E-state index in [0.29, 0.717) is 5.56 Å². The predicted octanol–water partition coefficient (Wildman–Crippen LogP) is 2.13. The third-order valence-electron chi connectivity index (χ3n) is 2.86. The minimum absolute atomic E-state index is 0.0982. The number of nitrogens with zero attached hydrogens (tertiary/aromatic N) is 1. The van der Waals surface area contributed by atoms with Gasteiger partial charge < -0.3 is 5.73 Å². The molecule has 0 saturated heterocycles. The molecule has 1 aliphatic carbocycles. The number of hydrogen-bond acceptors (Lipinski definition) is 2. The lowest BCUT2D eigenvalue weighted by atomic mass is 9.96. The maximum Gasteiger partial charge on any atom is 0.399 e. The molecule has 0 radical (unpaired) electrons. The van der Waals surface area contributed by atoms with E-state index in [1.54, 1.807) is 12.1 Å². The van der Waals surface area contributed by atoms with Gasteiger partial charge in [0.2, 0.25) is 0 Å². The Morgan fingerprint density at radius 1 is 1.40 bits per heavy atom. The third kappa shape index (κ3) is 1.51. The zero-order valence-corrected chi connectivity index (χ0v) is 8.01. The van der Waals surface area contributed by atoms with Crippen LogP contribution in [0.5, 0.6) is 0 Å². The number of nitrogens with two attached hydrogens (primary N) is 1. The third-order valence-corrected chi connectivity index (χ3v) is 2.86. The zero-order chi connectivity index (χ0) is 11.1. The standard InChI is InChI=1S/C10H11F3N2/c11-10(12,13)9(3-4-9)8-7(6-14)2-1-5-15-8/h1-2,5H,3-4,6,14H2. The molecule has 0 aromatic carbocycles. The van der Waals surface area contributed by atoms with E-state index in [4.69, 9.17) is 5.73 Å². The Morgan fingerprint density at radius 3 is 2.53 bits per heavy atom. The molecule has 82 valence electrons. The number of pyridine rings is 1. The van der Waals surface area contributed by atoms with E-state index >= 15 is 0 Å². The normalized spacial score (nSPS) is 18.9. The fraction of sp³-hybridized carbons (Fsp3) is 0.500. The van der Waals surface area contributed by atoms with Crippen LogP contribution in [0, 0.1) is 0 Å². The van der Waals surface area contributed by atoms with Crippen LogP contribution in [0.15, 0.2) is 18.3 Å². The van der Waals surface area contributed by atoms with Gasteiger partial charge in [-0.25, -0.2) is 0 Å². The summed E-state index contributed by atoms with van der Waals surface area (Å²) in [5.41, 5.74) is 4.30. The van der Waals surface area contributed by atoms with Gasteiger partial charge in [-0.3, -0.25) is 4.98 Å². The molecule has 1 saturated carbocycles. The summed E-state index contributed by atoms with van der Waals surface area (Å²) in [5.74, 6) is 0. The van der Waals surface area contributed by atoms with Crippen molar-refractivity contribution in [3.63, 3.8) is 0 Å². The summed E-state index contributed by atoms with van der Waals surface area (Å²) < 4.78 is 38.5. The summed E-state index contributed by atoms with van der Waals surface area (Å²) in [4.78, 5) is 3.85. The van der Waals surface area contributed by atoms with Crippen molar-refractivity contribution in [3.05, 3.63) is 29.6 Å². The SMILES string of the molecule is NCc1cccnc1C1(C(F)(F)F)CC1. The van der Waals surface area contributed by atoms with Gasteiger partial charge in [0, 0.05) is 12.7 Å². The summed E-state index contributed by atoms with van der Waals surface area (Å²) in [6.07, 6.45) is -2.58. The smallest absolute Gasteiger partial charge is 0.326 e. The first-order valence-electron chi connectivity index (χ1n) is 4.72. The highest BCUT2D eigenvalue weighted by molar-refractivity contribution is 5.34. The minimum atomic E-state index is -4.22. The summed E-state index contributed by atoms with van der Waals surface area (Å²) in [6.45, 7) is 0.0982. The van der Waals surface area contributed by atoms with Crippen LogP contribution in [0.2, 0.25) is 0 Å². The number of rotatable bonds is 2. The maximum absolute atomic E-state index is 12.8. The summed E-state index contributed by atoms with van der Waals surface area (Å²) >= 11 is 0. The van der Waals surface area contributed by atoms with Crippen LogP contribution in [0.4, 0.5) is 13.2 Å². The van der Waals surface area contributed by atoms with Crippen LogP contribution in [0.3, 0.4) is 0 Å². The van der Waals surface area contributed by atoms with Crippen LogP contribution in [0.1, 0.15) is 24.1 Å². The molecule has 1 fully saturated rings. The molecular weight excluding hydrogens is 205 g/mol. The highest BCUT2D eigenvalue weighted by Gasteiger charge is 2.65. The van der Waals surface area contributed by atoms with Gasteiger partial charge in [0.15, 0.2) is 0 Å². The Labute approximate surface area is 85.3 Å². The van der Waals surface area contributed by atoms with E-state index < -0.39 is 11.6 Å². The van der Waals surface area contributed by atoms with E-state index in [2.05, 4.69) is 4.98 Å². The van der Waals surface area contributed by atoms with Crippen molar-refractivity contribution in [3.8, 4) is 0 Å². The highest BCUT2D eigenvalue weighted by atomic mass is 19.4. The minimum Gasteiger partial charge on any atom is -0.326 e. The molecular formula is C10H11F3N2. The fourth-order valence-corrected chi connectivity index (χ4v) is 1.81. The van der Waals surface area contributed by atoms with Gasteiger partial charge in [0.1, 0.15) is 5.41 Å². The Kier molecular flexibility index (Phi) is 2.22. The number of halogens is 3. The lowest BCUT2D eigenvalue weighted by Gasteiger charge is -2.20. The van der Waals surface area contributed by atoms with E-state index in [9.17, 15) is 13.2 Å². The van der Waals surface area contributed by atoms with Gasteiger partial charge in [0.25, 0.3) is 0 Å². The maximum atomic E-state index is 12.8. The van der Waals surface area contributed by atoms with Crippen molar-refractivity contribution < 1.29 is 13.2 Å². The molecule has 0 atom stereocenters. The second-order valence-electron chi connectivity index (χ2n) is 3.80. The van der Waals surface area contributed by atoms with Crippen molar-refractivity contribution in [2.45, 2.75) is 31.0 Å². The summed E-state index contributed by atoms with van der Waals surface area (Å²) in [6, 6.07) is 3.21. The lowest BCUT2D eigenvalue weighted by molar-refractivity contribution is -0.161. The summed E-state index contributed by atoms with van der Waals surface area (Å²) in [5, 5.41) is 0. The van der Waals surface area contributed by atoms with Crippen LogP contribution in [0.25, 0.3) is 0 Å². The van der Waals surface area contributed by atoms with Crippen molar-refractivity contribution in [2.75, 3.05) is 0 Å². The largest absolute Gasteiger partial charge is 0.399 e. The molecule has 1 aromatic rings. The Hall–Kier alpha value is -1.10. The molecule has 15 heavy (non-hydrogen) atoms. The Bertz CT molecular complexity index is 369. The first-order chi connectivity index (χ1) is 7.01. The molecule has 1 aromatic heterocycles. The van der Waals surface area contributed by atoms with E-state index in [1.165, 1.54) is 6.20 Å². The van der Waals surface area contributed by atoms with Crippen LogP contribution in [-0.4, -0.2) is 11.2 Å². The number of alkyl halides is 3. The van der Waals surface area contributed by atoms with Gasteiger partial charge in [-0.05, 0) is 24.5 Å². The van der Waals surface area contributed by atoms with E-state index in [1.807, 2.05) is 0 Å². The van der Waals surface area contributed by atoms with Crippen molar-refractivity contribution in [1.82, 2.24) is 4.98 Å². The monoisotopic (exact) mass is 216 g/mol. The molecule has 0 amide bonds. The van der Waals surface area contributed by atoms with Gasteiger partial charge in [-0.2, -0.15) is 13.2 Å². The first-order valence-corrected chi connectivity index (χ1v) is 4.72. The molecule has 2 rings (SSSR count). The number of hydrogen-bond donors (Lipinski definition) is 1. The van der Waals surface area contributed by atoms with Crippen molar-refractivity contribution in [2.24, 2.45) is 5.73 Å². The van der Waals surface area contributed by atoms with Crippen LogP contribution in [-0.2, 0) is 12.0 Å². The van der Waals surface area contributed by atoms with Gasteiger partial charge in [-0.1, -0.05) is 6.07 Å². The Balaban J connectivity index is 2.46. The molecule has 0 aliphatic heterocycles. The summed E-state index contributed by atoms with van der Waals surface area (Å²) in [7, 11) is 0. The molecule has 0 unspecified atom stereocenters. The molecule has 1 heterocycles. The predicted molar refractivity (Wildman–Crippen MR) is 49.1 cm³/mol. The molecule has 5 heteroatoms. The molecule has 0 spiro atoms. The average Bonchev–Trinajstić information content (AvgIpc) is 2.97. The molecule has 0 bridgehead atoms. The zero-order valence-electron chi connectivity index (χ0n) is 8.01.